The Morgan fingerprint density at radius 2 is 1.95 bits per heavy atom. The van der Waals surface area contributed by atoms with E-state index >= 15 is 0 Å². The van der Waals surface area contributed by atoms with Crippen LogP contribution in [0.25, 0.3) is 0 Å². The van der Waals surface area contributed by atoms with Gasteiger partial charge in [-0.2, -0.15) is 0 Å². The van der Waals surface area contributed by atoms with E-state index in [1.807, 2.05) is 19.9 Å². The molecular formula is C14H20N2O4S. The van der Waals surface area contributed by atoms with E-state index < -0.39 is 16.1 Å². The Balaban J connectivity index is 2.18. The molecule has 2 N–H and O–H groups in total. The maximum atomic E-state index is 12.3. The second kappa shape index (κ2) is 6.05. The summed E-state index contributed by atoms with van der Waals surface area (Å²) in [5.74, 6) is 2.03. The summed E-state index contributed by atoms with van der Waals surface area (Å²) in [5, 5.41) is 2.82. The lowest BCUT2D eigenvalue weighted by atomic mass is 10.1. The fraction of sp³-hybridized carbons (Fsp3) is 0.429. The van der Waals surface area contributed by atoms with E-state index in [9.17, 15) is 8.42 Å². The van der Waals surface area contributed by atoms with Crippen LogP contribution in [0.2, 0.25) is 0 Å². The maximum absolute atomic E-state index is 12.3. The minimum atomic E-state index is -3.70. The van der Waals surface area contributed by atoms with Gasteiger partial charge in [0.25, 0.3) is 10.0 Å². The van der Waals surface area contributed by atoms with Gasteiger partial charge >= 0.3 is 0 Å². The summed E-state index contributed by atoms with van der Waals surface area (Å²) < 4.78 is 37.9. The van der Waals surface area contributed by atoms with Crippen molar-refractivity contribution in [3.63, 3.8) is 0 Å². The molecule has 1 atom stereocenters. The number of hydrogen-bond acceptors (Lipinski definition) is 5. The van der Waals surface area contributed by atoms with E-state index in [4.69, 9.17) is 8.83 Å². The van der Waals surface area contributed by atoms with Crippen LogP contribution in [-0.2, 0) is 16.6 Å². The van der Waals surface area contributed by atoms with Crippen LogP contribution in [0.3, 0.4) is 0 Å². The standard InChI is InChI=1S/C14H20N2O4S/c1-9-7-13(11(3)19-9)10(2)16-21(17,18)14-6-5-12(20-14)8-15-4/h5-7,10,15-16H,8H2,1-4H3. The maximum Gasteiger partial charge on any atom is 0.274 e. The van der Waals surface area contributed by atoms with Crippen LogP contribution in [-0.4, -0.2) is 15.5 Å². The summed E-state index contributed by atoms with van der Waals surface area (Å²) in [6.07, 6.45) is 0. The van der Waals surface area contributed by atoms with E-state index in [0.29, 0.717) is 18.1 Å². The van der Waals surface area contributed by atoms with Crippen LogP contribution in [0.5, 0.6) is 0 Å². The summed E-state index contributed by atoms with van der Waals surface area (Å²) in [6.45, 7) is 5.89. The van der Waals surface area contributed by atoms with E-state index in [1.54, 1.807) is 20.0 Å². The van der Waals surface area contributed by atoms with Gasteiger partial charge in [-0.1, -0.05) is 0 Å². The van der Waals surface area contributed by atoms with E-state index in [1.165, 1.54) is 6.07 Å². The lowest BCUT2D eigenvalue weighted by molar-refractivity contribution is 0.403. The second-order valence-corrected chi connectivity index (χ2v) is 6.61. The van der Waals surface area contributed by atoms with Gasteiger partial charge in [-0.15, -0.1) is 0 Å². The predicted molar refractivity (Wildman–Crippen MR) is 78.4 cm³/mol. The third kappa shape index (κ3) is 3.55. The molecule has 6 nitrogen and oxygen atoms in total. The summed E-state index contributed by atoms with van der Waals surface area (Å²) in [6, 6.07) is 4.53. The molecule has 1 unspecified atom stereocenters. The lowest BCUT2D eigenvalue weighted by Crippen LogP contribution is -2.26. The van der Waals surface area contributed by atoms with E-state index in [0.717, 1.165) is 11.3 Å². The molecule has 0 amide bonds. The van der Waals surface area contributed by atoms with Crippen molar-refractivity contribution in [2.75, 3.05) is 7.05 Å². The van der Waals surface area contributed by atoms with Gasteiger partial charge < -0.3 is 14.2 Å². The Morgan fingerprint density at radius 1 is 1.24 bits per heavy atom. The summed E-state index contributed by atoms with van der Waals surface area (Å²) >= 11 is 0. The van der Waals surface area contributed by atoms with Gasteiger partial charge in [-0.05, 0) is 46.0 Å². The third-order valence-corrected chi connectivity index (χ3v) is 4.54. The summed E-state index contributed by atoms with van der Waals surface area (Å²) in [4.78, 5) is 0. The molecule has 2 rings (SSSR count). The number of rotatable bonds is 6. The highest BCUT2D eigenvalue weighted by molar-refractivity contribution is 7.89. The molecule has 0 aliphatic rings. The summed E-state index contributed by atoms with van der Waals surface area (Å²) in [5.41, 5.74) is 0.818. The number of furan rings is 2. The molecule has 2 aromatic heterocycles. The van der Waals surface area contributed by atoms with Gasteiger partial charge in [0.2, 0.25) is 5.09 Å². The first-order valence-electron chi connectivity index (χ1n) is 6.66. The van der Waals surface area contributed by atoms with Crippen LogP contribution in [0.4, 0.5) is 0 Å². The average molecular weight is 312 g/mol. The van der Waals surface area contributed by atoms with Gasteiger partial charge in [0.05, 0.1) is 6.54 Å². The SMILES string of the molecule is CNCc1ccc(S(=O)(=O)NC(C)c2cc(C)oc2C)o1. The van der Waals surface area contributed by atoms with Crippen molar-refractivity contribution < 1.29 is 17.3 Å². The molecule has 0 bridgehead atoms. The molecule has 0 aliphatic heterocycles. The van der Waals surface area contributed by atoms with Gasteiger partial charge in [0.1, 0.15) is 17.3 Å². The normalized spacial score (nSPS) is 13.5. The van der Waals surface area contributed by atoms with Gasteiger partial charge in [-0.3, -0.25) is 0 Å². The van der Waals surface area contributed by atoms with Gasteiger partial charge in [0, 0.05) is 11.6 Å². The molecule has 0 aromatic carbocycles. The fourth-order valence-corrected chi connectivity index (χ4v) is 3.38. The Hall–Kier alpha value is -1.57. The molecule has 7 heteroatoms. The number of aryl methyl sites for hydroxylation is 2. The number of sulfonamides is 1. The van der Waals surface area contributed by atoms with Crippen LogP contribution < -0.4 is 10.0 Å². The Labute approximate surface area is 124 Å². The molecule has 0 saturated heterocycles. The monoisotopic (exact) mass is 312 g/mol. The van der Waals surface area contributed by atoms with Gasteiger partial charge in [0.15, 0.2) is 0 Å². The van der Waals surface area contributed by atoms with Crippen LogP contribution in [0, 0.1) is 13.8 Å². The average Bonchev–Trinajstić information content (AvgIpc) is 2.96. The Kier molecular flexibility index (Phi) is 4.55. The van der Waals surface area contributed by atoms with Crippen molar-refractivity contribution in [3.8, 4) is 0 Å². The zero-order chi connectivity index (χ0) is 15.6. The number of hydrogen-bond donors (Lipinski definition) is 2. The van der Waals surface area contributed by atoms with Crippen LogP contribution in [0.15, 0.2) is 32.1 Å². The third-order valence-electron chi connectivity index (χ3n) is 3.13. The Morgan fingerprint density at radius 3 is 2.52 bits per heavy atom. The first-order valence-corrected chi connectivity index (χ1v) is 8.14. The van der Waals surface area contributed by atoms with Crippen molar-refractivity contribution in [1.82, 2.24) is 10.0 Å². The smallest absolute Gasteiger partial charge is 0.274 e. The highest BCUT2D eigenvalue weighted by Crippen LogP contribution is 2.23. The molecule has 2 aromatic rings. The van der Waals surface area contributed by atoms with Crippen molar-refractivity contribution in [2.45, 2.75) is 38.5 Å². The van der Waals surface area contributed by atoms with Crippen LogP contribution in [0.1, 0.15) is 35.8 Å². The molecule has 116 valence electrons. The fourth-order valence-electron chi connectivity index (χ4n) is 2.21. The van der Waals surface area contributed by atoms with Crippen molar-refractivity contribution >= 4 is 10.0 Å². The highest BCUT2D eigenvalue weighted by atomic mass is 32.2. The second-order valence-electron chi connectivity index (χ2n) is 4.96. The van der Waals surface area contributed by atoms with E-state index in [2.05, 4.69) is 10.0 Å². The van der Waals surface area contributed by atoms with Crippen molar-refractivity contribution in [2.24, 2.45) is 0 Å². The molecule has 21 heavy (non-hydrogen) atoms. The quantitative estimate of drug-likeness (QED) is 0.854. The topological polar surface area (TPSA) is 84.5 Å². The lowest BCUT2D eigenvalue weighted by Gasteiger charge is -2.12. The Bertz CT molecular complexity index is 715. The van der Waals surface area contributed by atoms with Gasteiger partial charge in [-0.25, -0.2) is 13.1 Å². The minimum absolute atomic E-state index is 0.0857. The molecular weight excluding hydrogens is 292 g/mol. The molecule has 2 heterocycles. The molecule has 0 aliphatic carbocycles. The van der Waals surface area contributed by atoms with Crippen molar-refractivity contribution in [1.29, 1.82) is 0 Å². The first-order chi connectivity index (χ1) is 9.83. The zero-order valence-corrected chi connectivity index (χ0v) is 13.4. The summed E-state index contributed by atoms with van der Waals surface area (Å²) in [7, 11) is -1.93. The number of nitrogens with one attached hydrogen (secondary N) is 2. The minimum Gasteiger partial charge on any atom is -0.466 e. The predicted octanol–water partition coefficient (Wildman–Crippen LogP) is 2.25. The first kappa shape index (κ1) is 15.8. The van der Waals surface area contributed by atoms with Crippen molar-refractivity contribution in [3.05, 3.63) is 41.0 Å². The molecule has 0 spiro atoms. The molecule has 0 saturated carbocycles. The zero-order valence-electron chi connectivity index (χ0n) is 12.6. The highest BCUT2D eigenvalue weighted by Gasteiger charge is 2.23. The molecule has 0 fully saturated rings. The van der Waals surface area contributed by atoms with Crippen LogP contribution >= 0.6 is 0 Å². The van der Waals surface area contributed by atoms with E-state index in [-0.39, 0.29) is 5.09 Å². The molecule has 0 radical (unpaired) electrons. The largest absolute Gasteiger partial charge is 0.466 e.